The van der Waals surface area contributed by atoms with E-state index in [0.29, 0.717) is 18.7 Å². The molecule has 1 saturated heterocycles. The van der Waals surface area contributed by atoms with Gasteiger partial charge in [-0.05, 0) is 24.0 Å². The Balaban J connectivity index is 1.97. The zero-order valence-corrected chi connectivity index (χ0v) is 12.7. The molecule has 1 aromatic heterocycles. The molecule has 0 radical (unpaired) electrons. The standard InChI is InChI=1S/C14H15F3N2O2S/c1-22-11-7-19(9-21-8-11)13(20)5-3-10-2-4-12(18-6-10)14(15,16)17/h2-6,11H,7-9H2,1H3. The molecule has 1 aromatic rings. The molecule has 120 valence electrons. The van der Waals surface area contributed by atoms with Crippen LogP contribution in [0.15, 0.2) is 24.4 Å². The number of rotatable bonds is 3. The average Bonchev–Trinajstić information content (AvgIpc) is 2.52. The smallest absolute Gasteiger partial charge is 0.360 e. The second-order valence-electron chi connectivity index (χ2n) is 4.73. The van der Waals surface area contributed by atoms with E-state index in [1.807, 2.05) is 6.26 Å². The number of aromatic nitrogens is 1. The quantitative estimate of drug-likeness (QED) is 0.798. The molecule has 1 aliphatic heterocycles. The second kappa shape index (κ2) is 7.15. The van der Waals surface area contributed by atoms with E-state index >= 15 is 0 Å². The first kappa shape index (κ1) is 16.8. The molecule has 1 unspecified atom stereocenters. The summed E-state index contributed by atoms with van der Waals surface area (Å²) in [7, 11) is 0. The van der Waals surface area contributed by atoms with E-state index in [4.69, 9.17) is 4.74 Å². The predicted molar refractivity (Wildman–Crippen MR) is 78.1 cm³/mol. The Labute approximate surface area is 130 Å². The van der Waals surface area contributed by atoms with Crippen molar-refractivity contribution in [1.82, 2.24) is 9.88 Å². The molecule has 0 bridgehead atoms. The van der Waals surface area contributed by atoms with Crippen LogP contribution in [0.4, 0.5) is 13.2 Å². The van der Waals surface area contributed by atoms with Gasteiger partial charge in [-0.15, -0.1) is 0 Å². The average molecular weight is 332 g/mol. The number of nitrogens with zero attached hydrogens (tertiary/aromatic N) is 2. The maximum Gasteiger partial charge on any atom is 0.433 e. The van der Waals surface area contributed by atoms with E-state index in [-0.39, 0.29) is 17.9 Å². The van der Waals surface area contributed by atoms with E-state index in [2.05, 4.69) is 4.98 Å². The monoisotopic (exact) mass is 332 g/mol. The SMILES string of the molecule is CSC1COCN(C(=O)C=Cc2ccc(C(F)(F)F)nc2)C1. The lowest BCUT2D eigenvalue weighted by atomic mass is 10.2. The fourth-order valence-electron chi connectivity index (χ4n) is 1.89. The molecule has 8 heteroatoms. The van der Waals surface area contributed by atoms with Crippen LogP contribution in [-0.2, 0) is 15.7 Å². The van der Waals surface area contributed by atoms with E-state index < -0.39 is 11.9 Å². The number of pyridine rings is 1. The van der Waals surface area contributed by atoms with E-state index in [0.717, 1.165) is 12.3 Å². The molecule has 0 saturated carbocycles. The normalized spacial score (nSPS) is 19.6. The molecular formula is C14H15F3N2O2S. The highest BCUT2D eigenvalue weighted by molar-refractivity contribution is 7.99. The van der Waals surface area contributed by atoms with Crippen LogP contribution < -0.4 is 0 Å². The minimum absolute atomic E-state index is 0.228. The van der Waals surface area contributed by atoms with Crippen LogP contribution in [-0.4, -0.2) is 47.2 Å². The summed E-state index contributed by atoms with van der Waals surface area (Å²) in [6.07, 6.45) is 1.33. The Morgan fingerprint density at radius 3 is 2.86 bits per heavy atom. The lowest BCUT2D eigenvalue weighted by Gasteiger charge is -2.31. The molecule has 22 heavy (non-hydrogen) atoms. The minimum atomic E-state index is -4.46. The third-order valence-electron chi connectivity index (χ3n) is 3.12. The van der Waals surface area contributed by atoms with E-state index in [9.17, 15) is 18.0 Å². The van der Waals surface area contributed by atoms with Gasteiger partial charge in [0.05, 0.1) is 6.61 Å². The summed E-state index contributed by atoms with van der Waals surface area (Å²) < 4.78 is 42.5. The predicted octanol–water partition coefficient (Wildman–Crippen LogP) is 2.66. The van der Waals surface area contributed by atoms with Gasteiger partial charge in [0, 0.05) is 24.1 Å². The lowest BCUT2D eigenvalue weighted by Crippen LogP contribution is -2.43. The summed E-state index contributed by atoms with van der Waals surface area (Å²) in [6, 6.07) is 2.16. The number of hydrogen-bond donors (Lipinski definition) is 0. The number of carbonyl (C=O) groups excluding carboxylic acids is 1. The molecular weight excluding hydrogens is 317 g/mol. The van der Waals surface area contributed by atoms with Crippen molar-refractivity contribution in [2.75, 3.05) is 26.1 Å². The van der Waals surface area contributed by atoms with Gasteiger partial charge < -0.3 is 9.64 Å². The topological polar surface area (TPSA) is 42.4 Å². The van der Waals surface area contributed by atoms with Crippen LogP contribution in [0.25, 0.3) is 6.08 Å². The van der Waals surface area contributed by atoms with Crippen molar-refractivity contribution in [3.63, 3.8) is 0 Å². The van der Waals surface area contributed by atoms with Gasteiger partial charge in [0.25, 0.3) is 0 Å². The Morgan fingerprint density at radius 1 is 1.50 bits per heavy atom. The fraction of sp³-hybridized carbons (Fsp3) is 0.429. The van der Waals surface area contributed by atoms with Crippen LogP contribution in [0.5, 0.6) is 0 Å². The van der Waals surface area contributed by atoms with Crippen LogP contribution in [0, 0.1) is 0 Å². The van der Waals surface area contributed by atoms with Gasteiger partial charge in [-0.25, -0.2) is 0 Å². The van der Waals surface area contributed by atoms with Gasteiger partial charge in [-0.3, -0.25) is 9.78 Å². The van der Waals surface area contributed by atoms with Crippen molar-refractivity contribution < 1.29 is 22.7 Å². The summed E-state index contributed by atoms with van der Waals surface area (Å²) in [5.74, 6) is -0.237. The van der Waals surface area contributed by atoms with Crippen molar-refractivity contribution in [3.05, 3.63) is 35.7 Å². The third-order valence-corrected chi connectivity index (χ3v) is 4.07. The number of halogens is 3. The molecule has 1 fully saturated rings. The van der Waals surface area contributed by atoms with Gasteiger partial charge >= 0.3 is 6.18 Å². The van der Waals surface area contributed by atoms with Crippen LogP contribution in [0.1, 0.15) is 11.3 Å². The largest absolute Gasteiger partial charge is 0.433 e. The first-order chi connectivity index (χ1) is 10.4. The van der Waals surface area contributed by atoms with Crippen molar-refractivity contribution in [1.29, 1.82) is 0 Å². The van der Waals surface area contributed by atoms with Crippen molar-refractivity contribution in [2.45, 2.75) is 11.4 Å². The molecule has 2 rings (SSSR count). The van der Waals surface area contributed by atoms with Crippen LogP contribution in [0.3, 0.4) is 0 Å². The Hall–Kier alpha value is -1.54. The second-order valence-corrected chi connectivity index (χ2v) is 5.86. The molecule has 1 atom stereocenters. The number of thioether (sulfide) groups is 1. The summed E-state index contributed by atoms with van der Waals surface area (Å²) >= 11 is 1.63. The van der Waals surface area contributed by atoms with Gasteiger partial charge in [-0.2, -0.15) is 24.9 Å². The van der Waals surface area contributed by atoms with Gasteiger partial charge in [0.15, 0.2) is 0 Å². The minimum Gasteiger partial charge on any atom is -0.360 e. The highest BCUT2D eigenvalue weighted by atomic mass is 32.2. The number of hydrogen-bond acceptors (Lipinski definition) is 4. The van der Waals surface area contributed by atoms with E-state index in [1.54, 1.807) is 16.7 Å². The maximum absolute atomic E-state index is 12.4. The molecule has 1 aliphatic rings. The van der Waals surface area contributed by atoms with Crippen LogP contribution in [0.2, 0.25) is 0 Å². The Kier molecular flexibility index (Phi) is 5.47. The summed E-state index contributed by atoms with van der Waals surface area (Å²) in [4.78, 5) is 16.9. The Morgan fingerprint density at radius 2 is 2.27 bits per heavy atom. The lowest BCUT2D eigenvalue weighted by molar-refractivity contribution is -0.141. The number of carbonyl (C=O) groups is 1. The molecule has 2 heterocycles. The molecule has 4 nitrogen and oxygen atoms in total. The summed E-state index contributed by atoms with van der Waals surface area (Å²) in [5.41, 5.74) is -0.524. The Bertz CT molecular complexity index is 546. The number of ether oxygens (including phenoxy) is 1. The molecule has 0 N–H and O–H groups in total. The zero-order valence-electron chi connectivity index (χ0n) is 11.8. The van der Waals surface area contributed by atoms with Gasteiger partial charge in [-0.1, -0.05) is 6.07 Å². The van der Waals surface area contributed by atoms with Crippen molar-refractivity contribution in [3.8, 4) is 0 Å². The highest BCUT2D eigenvalue weighted by Crippen LogP contribution is 2.27. The molecule has 1 amide bonds. The summed E-state index contributed by atoms with van der Waals surface area (Å²) in [6.45, 7) is 1.43. The zero-order chi connectivity index (χ0) is 16.2. The number of alkyl halides is 3. The van der Waals surface area contributed by atoms with Gasteiger partial charge in [0.1, 0.15) is 12.4 Å². The number of amides is 1. The van der Waals surface area contributed by atoms with E-state index in [1.165, 1.54) is 18.2 Å². The highest BCUT2D eigenvalue weighted by Gasteiger charge is 2.31. The summed E-state index contributed by atoms with van der Waals surface area (Å²) in [5, 5.41) is 0.235. The third kappa shape index (κ3) is 4.48. The molecule has 0 spiro atoms. The molecule has 0 aromatic carbocycles. The van der Waals surface area contributed by atoms with Crippen molar-refractivity contribution >= 4 is 23.7 Å². The first-order valence-electron chi connectivity index (χ1n) is 6.51. The van der Waals surface area contributed by atoms with Crippen molar-refractivity contribution in [2.24, 2.45) is 0 Å². The van der Waals surface area contributed by atoms with Crippen LogP contribution >= 0.6 is 11.8 Å². The maximum atomic E-state index is 12.4. The first-order valence-corrected chi connectivity index (χ1v) is 7.79. The molecule has 0 aliphatic carbocycles. The fourth-order valence-corrected chi connectivity index (χ4v) is 2.45. The van der Waals surface area contributed by atoms with Gasteiger partial charge in [0.2, 0.25) is 5.91 Å².